The van der Waals surface area contributed by atoms with Crippen LogP contribution in [0.5, 0.6) is 5.75 Å². The lowest BCUT2D eigenvalue weighted by atomic mass is 9.84. The maximum Gasteiger partial charge on any atom is 0.255 e. The van der Waals surface area contributed by atoms with Gasteiger partial charge in [-0.05, 0) is 36.1 Å². The summed E-state index contributed by atoms with van der Waals surface area (Å²) >= 11 is 0. The average Bonchev–Trinajstić information content (AvgIpc) is 3.27. The first-order valence-electron chi connectivity index (χ1n) is 20.8. The molecule has 0 aromatic heterocycles. The van der Waals surface area contributed by atoms with Crippen LogP contribution in [-0.4, -0.2) is 134 Å². The van der Waals surface area contributed by atoms with Gasteiger partial charge >= 0.3 is 0 Å². The number of carbonyl (C=O) groups is 4. The van der Waals surface area contributed by atoms with E-state index >= 15 is 0 Å². The van der Waals surface area contributed by atoms with Gasteiger partial charge in [-0.3, -0.25) is 24.1 Å². The standard InChI is InChI=1S/C45H60N6O9/c1-56-28-29-58-31-30-57-27-26-51-24-22-49-44(54)38-16-8-14-36(40(38)59-32-34-10-4-2-5-11-34)42(52)47-20-18-46-19-21-48-43(53)37-15-9-17-39(45(55)50-23-25-51)41(37)60-33-35-12-6-3-7-13-35/h2-8,10-16,39,41,46H,9,17-33H2,1H3,(H,47,52)(H,48,53)(H,49,54)(H,50,55). The third-order valence-corrected chi connectivity index (χ3v) is 10.1. The van der Waals surface area contributed by atoms with E-state index in [9.17, 15) is 19.2 Å². The molecule has 3 aromatic rings. The molecule has 0 fully saturated rings. The summed E-state index contributed by atoms with van der Waals surface area (Å²) in [7, 11) is 1.62. The third kappa shape index (κ3) is 15.1. The highest BCUT2D eigenvalue weighted by molar-refractivity contribution is 6.04. The SMILES string of the molecule is COCCOCCOCCN1CCNC(=O)c2cccc(c2OCc2ccccc2)C(=O)NCCNCCNC(=O)C2=CCCC(C(=O)NCC1)C2OCc1ccccc1. The number of methoxy groups -OCH3 is 1. The van der Waals surface area contributed by atoms with Crippen molar-refractivity contribution in [3.63, 3.8) is 0 Å². The number of amides is 4. The first kappa shape index (κ1) is 45.9. The molecule has 1 aliphatic heterocycles. The average molecular weight is 829 g/mol. The minimum Gasteiger partial charge on any atom is -0.487 e. The first-order chi connectivity index (χ1) is 29.4. The summed E-state index contributed by atoms with van der Waals surface area (Å²) in [5.74, 6) is -1.62. The van der Waals surface area contributed by atoms with Gasteiger partial charge in [0.25, 0.3) is 11.8 Å². The van der Waals surface area contributed by atoms with E-state index < -0.39 is 12.0 Å². The highest BCUT2D eigenvalue weighted by Crippen LogP contribution is 2.29. The van der Waals surface area contributed by atoms with Gasteiger partial charge in [0.2, 0.25) is 11.8 Å². The predicted octanol–water partition coefficient (Wildman–Crippen LogP) is 2.46. The molecule has 15 heteroatoms. The highest BCUT2D eigenvalue weighted by Gasteiger charge is 2.37. The number of nitrogens with zero attached hydrogens (tertiary/aromatic N) is 1. The monoisotopic (exact) mass is 828 g/mol. The van der Waals surface area contributed by atoms with Crippen LogP contribution < -0.4 is 31.3 Å². The zero-order valence-corrected chi connectivity index (χ0v) is 34.6. The zero-order valence-electron chi connectivity index (χ0n) is 34.6. The largest absolute Gasteiger partial charge is 0.487 e. The van der Waals surface area contributed by atoms with Crippen molar-refractivity contribution in [3.8, 4) is 5.75 Å². The molecule has 4 amide bonds. The van der Waals surface area contributed by atoms with Crippen LogP contribution in [0.2, 0.25) is 0 Å². The lowest BCUT2D eigenvalue weighted by Crippen LogP contribution is -2.47. The number of hydrogen-bond acceptors (Lipinski definition) is 11. The van der Waals surface area contributed by atoms with Crippen LogP contribution in [0.4, 0.5) is 0 Å². The Hall–Kier alpha value is -5.16. The van der Waals surface area contributed by atoms with E-state index in [1.165, 1.54) is 0 Å². The van der Waals surface area contributed by atoms with E-state index in [1.54, 1.807) is 25.3 Å². The van der Waals surface area contributed by atoms with Gasteiger partial charge in [0.15, 0.2) is 0 Å². The van der Waals surface area contributed by atoms with Crippen molar-refractivity contribution in [1.29, 1.82) is 0 Å². The number of benzene rings is 3. The van der Waals surface area contributed by atoms with Crippen LogP contribution in [0.3, 0.4) is 0 Å². The number of fused-ring (bicyclic) bond motifs is 4. The Kier molecular flexibility index (Phi) is 20.0. The summed E-state index contributed by atoms with van der Waals surface area (Å²) in [6.07, 6.45) is 2.22. The third-order valence-electron chi connectivity index (χ3n) is 10.1. The van der Waals surface area contributed by atoms with E-state index in [-0.39, 0.29) is 60.3 Å². The minimum atomic E-state index is -0.739. The van der Waals surface area contributed by atoms with Gasteiger partial charge in [-0.2, -0.15) is 0 Å². The molecule has 0 spiro atoms. The number of para-hydroxylation sites is 1. The Morgan fingerprint density at radius 1 is 0.617 bits per heavy atom. The van der Waals surface area contributed by atoms with Crippen molar-refractivity contribution in [2.24, 2.45) is 5.92 Å². The summed E-state index contributed by atoms with van der Waals surface area (Å²) in [6.45, 7) is 6.16. The van der Waals surface area contributed by atoms with E-state index in [0.717, 1.165) is 11.1 Å². The zero-order chi connectivity index (χ0) is 42.2. The molecule has 1 heterocycles. The number of carbonyl (C=O) groups excluding carboxylic acids is 4. The molecule has 5 rings (SSSR count). The molecule has 3 aromatic carbocycles. The maximum atomic E-state index is 13.9. The Balaban J connectivity index is 1.31. The molecule has 324 valence electrons. The van der Waals surface area contributed by atoms with Crippen molar-refractivity contribution >= 4 is 23.6 Å². The van der Waals surface area contributed by atoms with Gasteiger partial charge in [0.05, 0.1) is 62.8 Å². The molecular weight excluding hydrogens is 769 g/mol. The molecule has 60 heavy (non-hydrogen) atoms. The van der Waals surface area contributed by atoms with Gasteiger partial charge in [-0.25, -0.2) is 0 Å². The summed E-state index contributed by atoms with van der Waals surface area (Å²) in [6, 6.07) is 24.1. The summed E-state index contributed by atoms with van der Waals surface area (Å²) in [5, 5.41) is 15.2. The Labute approximate surface area is 352 Å². The van der Waals surface area contributed by atoms with E-state index in [4.69, 9.17) is 23.7 Å². The van der Waals surface area contributed by atoms with Crippen molar-refractivity contribution in [3.05, 3.63) is 113 Å². The summed E-state index contributed by atoms with van der Waals surface area (Å²) in [4.78, 5) is 56.9. The van der Waals surface area contributed by atoms with E-state index in [1.807, 2.05) is 66.7 Å². The van der Waals surface area contributed by atoms with Gasteiger partial charge < -0.3 is 50.3 Å². The molecule has 4 bridgehead atoms. The van der Waals surface area contributed by atoms with Crippen LogP contribution in [0, 0.1) is 5.92 Å². The second-order valence-corrected chi connectivity index (χ2v) is 14.4. The first-order valence-corrected chi connectivity index (χ1v) is 20.8. The van der Waals surface area contributed by atoms with Crippen LogP contribution in [0.25, 0.3) is 0 Å². The molecule has 1 aliphatic carbocycles. The molecule has 15 nitrogen and oxygen atoms in total. The molecule has 2 atom stereocenters. The van der Waals surface area contributed by atoms with Crippen molar-refractivity contribution in [1.82, 2.24) is 31.5 Å². The summed E-state index contributed by atoms with van der Waals surface area (Å²) < 4.78 is 28.9. The molecule has 0 saturated heterocycles. The van der Waals surface area contributed by atoms with Gasteiger partial charge in [0.1, 0.15) is 12.4 Å². The van der Waals surface area contributed by atoms with Crippen LogP contribution >= 0.6 is 0 Å². The lowest BCUT2D eigenvalue weighted by molar-refractivity contribution is -0.131. The predicted molar refractivity (Wildman–Crippen MR) is 227 cm³/mol. The Morgan fingerprint density at radius 2 is 1.20 bits per heavy atom. The molecule has 0 saturated carbocycles. The van der Waals surface area contributed by atoms with Crippen molar-refractivity contribution in [2.45, 2.75) is 32.2 Å². The topological polar surface area (TPSA) is 178 Å². The second kappa shape index (κ2) is 26.1. The van der Waals surface area contributed by atoms with Crippen molar-refractivity contribution in [2.75, 3.05) is 99.0 Å². The Bertz CT molecular complexity index is 1810. The fourth-order valence-electron chi connectivity index (χ4n) is 6.87. The fourth-order valence-corrected chi connectivity index (χ4v) is 6.87. The summed E-state index contributed by atoms with van der Waals surface area (Å²) in [5.41, 5.74) is 2.74. The van der Waals surface area contributed by atoms with Crippen LogP contribution in [-0.2, 0) is 41.8 Å². The number of rotatable bonds is 15. The minimum absolute atomic E-state index is 0.160. The molecule has 0 radical (unpaired) electrons. The molecule has 2 unspecified atom stereocenters. The number of nitrogens with one attached hydrogen (secondary N) is 5. The lowest BCUT2D eigenvalue weighted by Gasteiger charge is -2.32. The molecule has 2 aliphatic rings. The van der Waals surface area contributed by atoms with Gasteiger partial charge in [-0.1, -0.05) is 72.8 Å². The van der Waals surface area contributed by atoms with E-state index in [0.29, 0.717) is 104 Å². The fraction of sp³-hybridized carbons (Fsp3) is 0.467. The van der Waals surface area contributed by atoms with Crippen molar-refractivity contribution < 1.29 is 42.9 Å². The van der Waals surface area contributed by atoms with Gasteiger partial charge in [0, 0.05) is 71.6 Å². The van der Waals surface area contributed by atoms with Crippen LogP contribution in [0.1, 0.15) is 44.7 Å². The number of ether oxygens (including phenoxy) is 5. The van der Waals surface area contributed by atoms with E-state index in [2.05, 4.69) is 31.5 Å². The number of allylic oxidation sites excluding steroid dienone is 1. The van der Waals surface area contributed by atoms with Crippen LogP contribution in [0.15, 0.2) is 90.5 Å². The quantitative estimate of drug-likeness (QED) is 0.142. The molecule has 5 N–H and O–H groups in total. The maximum absolute atomic E-state index is 13.9. The molecular formula is C45H60N6O9. The second-order valence-electron chi connectivity index (χ2n) is 14.4. The normalized spacial score (nSPS) is 19.2. The smallest absolute Gasteiger partial charge is 0.255 e. The highest BCUT2D eigenvalue weighted by atomic mass is 16.5. The Morgan fingerprint density at radius 3 is 1.87 bits per heavy atom. The number of hydrogen-bond donors (Lipinski definition) is 5. The van der Waals surface area contributed by atoms with Gasteiger partial charge in [-0.15, -0.1) is 0 Å².